The Hall–Kier alpha value is -1.57. The van der Waals surface area contributed by atoms with Crippen LogP contribution in [-0.4, -0.2) is 35.1 Å². The average molecular weight is 279 g/mol. The molecular formula is C11H16F3N3O2. The predicted molar refractivity (Wildman–Crippen MR) is 62.7 cm³/mol. The Kier molecular flexibility index (Phi) is 4.56. The molecule has 0 radical (unpaired) electrons. The molecule has 0 saturated carbocycles. The maximum atomic E-state index is 11.8. The lowest BCUT2D eigenvalue weighted by Crippen LogP contribution is -2.24. The third kappa shape index (κ3) is 5.73. The molecule has 108 valence electrons. The van der Waals surface area contributed by atoms with Crippen LogP contribution in [0.2, 0.25) is 0 Å². The molecule has 0 fully saturated rings. The van der Waals surface area contributed by atoms with Crippen LogP contribution < -0.4 is 5.32 Å². The maximum Gasteiger partial charge on any atom is 0.411 e. The quantitative estimate of drug-likeness (QED) is 0.918. The van der Waals surface area contributed by atoms with Crippen LogP contribution in [0.25, 0.3) is 0 Å². The van der Waals surface area contributed by atoms with E-state index in [0.29, 0.717) is 5.69 Å². The van der Waals surface area contributed by atoms with Gasteiger partial charge in [0.1, 0.15) is 13.2 Å². The molecule has 0 bridgehead atoms. The highest BCUT2D eigenvalue weighted by molar-refractivity contribution is 5.91. The van der Waals surface area contributed by atoms with Gasteiger partial charge in [-0.2, -0.15) is 18.3 Å². The molecule has 1 N–H and O–H groups in total. The van der Waals surface area contributed by atoms with Gasteiger partial charge in [0, 0.05) is 6.20 Å². The largest absolute Gasteiger partial charge is 0.411 e. The monoisotopic (exact) mass is 279 g/mol. The molecule has 0 saturated heterocycles. The lowest BCUT2D eigenvalue weighted by atomic mass is 10.1. The van der Waals surface area contributed by atoms with Gasteiger partial charge in [-0.3, -0.25) is 9.48 Å². The second-order valence-corrected chi connectivity index (χ2v) is 5.00. The summed E-state index contributed by atoms with van der Waals surface area (Å²) in [5.41, 5.74) is 0.172. The van der Waals surface area contributed by atoms with Crippen LogP contribution >= 0.6 is 0 Å². The van der Waals surface area contributed by atoms with Crippen LogP contribution in [0.5, 0.6) is 0 Å². The van der Waals surface area contributed by atoms with Gasteiger partial charge >= 0.3 is 6.18 Å². The van der Waals surface area contributed by atoms with E-state index in [1.165, 1.54) is 6.20 Å². The van der Waals surface area contributed by atoms with Gasteiger partial charge < -0.3 is 10.1 Å². The molecule has 0 spiro atoms. The Bertz CT molecular complexity index is 435. The van der Waals surface area contributed by atoms with E-state index in [-0.39, 0.29) is 5.54 Å². The van der Waals surface area contributed by atoms with Crippen molar-refractivity contribution < 1.29 is 22.7 Å². The molecule has 1 rings (SSSR count). The molecule has 0 aromatic carbocycles. The molecule has 0 atom stereocenters. The number of rotatable bonds is 4. The smallest absolute Gasteiger partial charge is 0.362 e. The number of alkyl halides is 3. The molecule has 8 heteroatoms. The predicted octanol–water partition coefficient (Wildman–Crippen LogP) is 2.16. The molecule has 19 heavy (non-hydrogen) atoms. The summed E-state index contributed by atoms with van der Waals surface area (Å²) in [5.74, 6) is -0.655. The highest BCUT2D eigenvalue weighted by atomic mass is 19.4. The van der Waals surface area contributed by atoms with Crippen molar-refractivity contribution in [1.29, 1.82) is 0 Å². The molecule has 1 amide bonds. The summed E-state index contributed by atoms with van der Waals surface area (Å²) in [4.78, 5) is 11.3. The topological polar surface area (TPSA) is 56.2 Å². The van der Waals surface area contributed by atoms with Gasteiger partial charge in [0.15, 0.2) is 0 Å². The van der Waals surface area contributed by atoms with E-state index in [0.717, 1.165) is 0 Å². The Labute approximate surface area is 108 Å². The summed E-state index contributed by atoms with van der Waals surface area (Å²) < 4.78 is 41.3. The molecule has 1 aromatic heterocycles. The van der Waals surface area contributed by atoms with E-state index in [1.54, 1.807) is 10.9 Å². The van der Waals surface area contributed by atoms with Gasteiger partial charge in [-0.05, 0) is 20.8 Å². The van der Waals surface area contributed by atoms with Crippen LogP contribution in [0.1, 0.15) is 20.8 Å². The van der Waals surface area contributed by atoms with Crippen molar-refractivity contribution in [2.45, 2.75) is 32.5 Å². The SMILES string of the molecule is CC(C)(C)n1cc(NC(=O)COCC(F)(F)F)cn1. The fourth-order valence-electron chi connectivity index (χ4n) is 1.21. The Morgan fingerprint density at radius 3 is 2.53 bits per heavy atom. The zero-order valence-electron chi connectivity index (χ0n) is 10.9. The number of halogens is 3. The average Bonchev–Trinajstić information content (AvgIpc) is 2.63. The van der Waals surface area contributed by atoms with Gasteiger partial charge in [-0.15, -0.1) is 0 Å². The number of nitrogens with zero attached hydrogens (tertiary/aromatic N) is 2. The minimum atomic E-state index is -4.43. The lowest BCUT2D eigenvalue weighted by molar-refractivity contribution is -0.174. The summed E-state index contributed by atoms with van der Waals surface area (Å²) in [5, 5.41) is 6.45. The Morgan fingerprint density at radius 2 is 2.05 bits per heavy atom. The number of anilines is 1. The molecule has 1 aromatic rings. The van der Waals surface area contributed by atoms with Crippen LogP contribution in [0, 0.1) is 0 Å². The van der Waals surface area contributed by atoms with Crippen molar-refractivity contribution in [2.75, 3.05) is 18.5 Å². The van der Waals surface area contributed by atoms with Gasteiger partial charge in [0.2, 0.25) is 5.91 Å². The molecule has 0 aliphatic carbocycles. The van der Waals surface area contributed by atoms with Crippen molar-refractivity contribution in [3.05, 3.63) is 12.4 Å². The van der Waals surface area contributed by atoms with E-state index in [4.69, 9.17) is 0 Å². The fourth-order valence-corrected chi connectivity index (χ4v) is 1.21. The van der Waals surface area contributed by atoms with Gasteiger partial charge in [0.05, 0.1) is 17.4 Å². The van der Waals surface area contributed by atoms with E-state index in [9.17, 15) is 18.0 Å². The first-order valence-electron chi connectivity index (χ1n) is 5.57. The normalized spacial score (nSPS) is 12.5. The number of hydrogen-bond acceptors (Lipinski definition) is 3. The maximum absolute atomic E-state index is 11.8. The second-order valence-electron chi connectivity index (χ2n) is 5.00. The standard InChI is InChI=1S/C11H16F3N3O2/c1-10(2,3)17-5-8(4-15-17)16-9(18)6-19-7-11(12,13)14/h4-5H,6-7H2,1-3H3,(H,16,18). The van der Waals surface area contributed by atoms with Crippen LogP contribution in [0.3, 0.4) is 0 Å². The number of amides is 1. The molecule has 5 nitrogen and oxygen atoms in total. The van der Waals surface area contributed by atoms with Crippen LogP contribution in [0.4, 0.5) is 18.9 Å². The number of carbonyl (C=O) groups is 1. The highest BCUT2D eigenvalue weighted by Gasteiger charge is 2.27. The minimum absolute atomic E-state index is 0.240. The van der Waals surface area contributed by atoms with Crippen molar-refractivity contribution in [1.82, 2.24) is 9.78 Å². The number of carbonyl (C=O) groups excluding carboxylic acids is 1. The minimum Gasteiger partial charge on any atom is -0.362 e. The first-order valence-corrected chi connectivity index (χ1v) is 5.57. The van der Waals surface area contributed by atoms with E-state index in [2.05, 4.69) is 15.2 Å². The third-order valence-electron chi connectivity index (χ3n) is 2.05. The zero-order valence-corrected chi connectivity index (χ0v) is 10.9. The third-order valence-corrected chi connectivity index (χ3v) is 2.05. The number of nitrogens with one attached hydrogen (secondary N) is 1. The highest BCUT2D eigenvalue weighted by Crippen LogP contribution is 2.16. The van der Waals surface area contributed by atoms with E-state index < -0.39 is 25.3 Å². The summed E-state index contributed by atoms with van der Waals surface area (Å²) in [6.07, 6.45) is -1.41. The summed E-state index contributed by atoms with van der Waals surface area (Å²) >= 11 is 0. The Balaban J connectivity index is 2.43. The summed E-state index contributed by atoms with van der Waals surface area (Å²) in [6.45, 7) is 3.69. The van der Waals surface area contributed by atoms with Gasteiger partial charge in [-0.1, -0.05) is 0 Å². The van der Waals surface area contributed by atoms with Gasteiger partial charge in [0.25, 0.3) is 0 Å². The van der Waals surface area contributed by atoms with Crippen molar-refractivity contribution in [2.24, 2.45) is 0 Å². The van der Waals surface area contributed by atoms with Crippen molar-refractivity contribution in [3.63, 3.8) is 0 Å². The number of hydrogen-bond donors (Lipinski definition) is 1. The first kappa shape index (κ1) is 15.5. The Morgan fingerprint density at radius 1 is 1.42 bits per heavy atom. The van der Waals surface area contributed by atoms with E-state index >= 15 is 0 Å². The number of aromatic nitrogens is 2. The molecule has 0 unspecified atom stereocenters. The molecule has 1 heterocycles. The fraction of sp³-hybridized carbons (Fsp3) is 0.636. The molecule has 0 aliphatic heterocycles. The van der Waals surface area contributed by atoms with Crippen molar-refractivity contribution in [3.8, 4) is 0 Å². The summed E-state index contributed by atoms with van der Waals surface area (Å²) in [7, 11) is 0. The van der Waals surface area contributed by atoms with Gasteiger partial charge in [-0.25, -0.2) is 0 Å². The molecule has 0 aliphatic rings. The zero-order chi connectivity index (χ0) is 14.7. The second kappa shape index (κ2) is 5.60. The van der Waals surface area contributed by atoms with Crippen molar-refractivity contribution >= 4 is 11.6 Å². The van der Waals surface area contributed by atoms with Crippen LogP contribution in [0.15, 0.2) is 12.4 Å². The van der Waals surface area contributed by atoms with E-state index in [1.807, 2.05) is 20.8 Å². The molecular weight excluding hydrogens is 263 g/mol. The summed E-state index contributed by atoms with van der Waals surface area (Å²) in [6, 6.07) is 0. The lowest BCUT2D eigenvalue weighted by Gasteiger charge is -2.18. The van der Waals surface area contributed by atoms with Crippen LogP contribution in [-0.2, 0) is 15.1 Å². The number of ether oxygens (including phenoxy) is 1. The first-order chi connectivity index (χ1) is 8.58.